The fourth-order valence-corrected chi connectivity index (χ4v) is 2.00. The van der Waals surface area contributed by atoms with Crippen LogP contribution in [0.15, 0.2) is 52.9 Å². The molecule has 0 aliphatic carbocycles. The Morgan fingerprint density at radius 1 is 1.00 bits per heavy atom. The van der Waals surface area contributed by atoms with Gasteiger partial charge >= 0.3 is 0 Å². The van der Waals surface area contributed by atoms with E-state index in [2.05, 4.69) is 0 Å². The van der Waals surface area contributed by atoms with E-state index in [1.54, 1.807) is 0 Å². The summed E-state index contributed by atoms with van der Waals surface area (Å²) in [6, 6.07) is 16.0. The van der Waals surface area contributed by atoms with E-state index in [-0.39, 0.29) is 0 Å². The second-order valence-electron chi connectivity index (χ2n) is 4.24. The molecule has 2 N–H and O–H groups in total. The quantitative estimate of drug-likeness (QED) is 0.633. The molecule has 2 aromatic carbocycles. The van der Waals surface area contributed by atoms with Crippen molar-refractivity contribution in [2.24, 2.45) is 0 Å². The number of hydrogen-bond donors (Lipinski definition) is 1. The Morgan fingerprint density at radius 2 is 1.82 bits per heavy atom. The summed E-state index contributed by atoms with van der Waals surface area (Å²) < 4.78 is 5.81. The molecule has 0 saturated heterocycles. The van der Waals surface area contributed by atoms with Gasteiger partial charge in [0, 0.05) is 16.6 Å². The molecule has 0 aliphatic heterocycles. The Bertz CT molecular complexity index is 649. The lowest BCUT2D eigenvalue weighted by Gasteiger charge is -2.03. The number of fused-ring (bicyclic) bond motifs is 1. The summed E-state index contributed by atoms with van der Waals surface area (Å²) >= 11 is 0. The number of nitrogens with two attached hydrogens (primary N) is 1. The molecule has 1 aromatic heterocycles. The van der Waals surface area contributed by atoms with Crippen LogP contribution in [0.1, 0.15) is 5.56 Å². The fraction of sp³-hybridized carbons (Fsp3) is 0.0667. The molecule has 0 spiro atoms. The van der Waals surface area contributed by atoms with Crippen molar-refractivity contribution >= 4 is 16.7 Å². The van der Waals surface area contributed by atoms with E-state index >= 15 is 0 Å². The predicted octanol–water partition coefficient (Wildman–Crippen LogP) is 3.99. The monoisotopic (exact) mass is 223 g/mol. The van der Waals surface area contributed by atoms with Crippen molar-refractivity contribution in [3.8, 4) is 11.3 Å². The molecule has 0 amide bonds. The van der Waals surface area contributed by atoms with Gasteiger partial charge in [0.25, 0.3) is 0 Å². The molecule has 0 fully saturated rings. The van der Waals surface area contributed by atoms with Crippen molar-refractivity contribution in [3.63, 3.8) is 0 Å². The average Bonchev–Trinajstić information content (AvgIpc) is 2.75. The molecule has 0 saturated carbocycles. The molecule has 2 nitrogen and oxygen atoms in total. The number of para-hydroxylation sites is 1. The molecule has 0 bridgehead atoms. The van der Waals surface area contributed by atoms with Crippen molar-refractivity contribution in [1.82, 2.24) is 0 Å². The lowest BCUT2D eigenvalue weighted by atomic mass is 10.1. The van der Waals surface area contributed by atoms with Crippen LogP contribution >= 0.6 is 0 Å². The number of anilines is 1. The molecule has 0 unspecified atom stereocenters. The maximum Gasteiger partial charge on any atom is 0.137 e. The number of furan rings is 1. The van der Waals surface area contributed by atoms with Crippen LogP contribution in [0.5, 0.6) is 0 Å². The first kappa shape index (κ1) is 9.97. The minimum Gasteiger partial charge on any atom is -0.456 e. The fourth-order valence-electron chi connectivity index (χ4n) is 2.00. The zero-order valence-corrected chi connectivity index (χ0v) is 9.60. The van der Waals surface area contributed by atoms with Crippen molar-refractivity contribution in [3.05, 3.63) is 54.1 Å². The van der Waals surface area contributed by atoms with Crippen LogP contribution in [0.2, 0.25) is 0 Å². The minimum absolute atomic E-state index is 0.745. The van der Waals surface area contributed by atoms with Crippen molar-refractivity contribution < 1.29 is 4.42 Å². The number of aryl methyl sites for hydroxylation is 1. The maximum atomic E-state index is 5.98. The molecule has 84 valence electrons. The van der Waals surface area contributed by atoms with E-state index < -0.39 is 0 Å². The molecule has 0 radical (unpaired) electrons. The van der Waals surface area contributed by atoms with Gasteiger partial charge in [-0.3, -0.25) is 0 Å². The van der Waals surface area contributed by atoms with Crippen molar-refractivity contribution in [2.75, 3.05) is 5.73 Å². The summed E-state index contributed by atoms with van der Waals surface area (Å²) in [5.41, 5.74) is 9.76. The van der Waals surface area contributed by atoms with Gasteiger partial charge in [0.15, 0.2) is 0 Å². The van der Waals surface area contributed by atoms with Crippen LogP contribution in [0, 0.1) is 6.92 Å². The second-order valence-corrected chi connectivity index (χ2v) is 4.24. The highest BCUT2D eigenvalue weighted by atomic mass is 16.3. The summed E-state index contributed by atoms with van der Waals surface area (Å²) in [6.45, 7) is 2.05. The first-order valence-electron chi connectivity index (χ1n) is 5.59. The third kappa shape index (κ3) is 1.68. The zero-order valence-electron chi connectivity index (χ0n) is 9.60. The molecular weight excluding hydrogens is 210 g/mol. The Balaban J connectivity index is 2.23. The Morgan fingerprint density at radius 3 is 2.65 bits per heavy atom. The van der Waals surface area contributed by atoms with Crippen LogP contribution in [0.3, 0.4) is 0 Å². The van der Waals surface area contributed by atoms with Crippen LogP contribution in [0.4, 0.5) is 5.69 Å². The van der Waals surface area contributed by atoms with Crippen LogP contribution < -0.4 is 5.73 Å². The largest absolute Gasteiger partial charge is 0.456 e. The van der Waals surface area contributed by atoms with E-state index in [0.717, 1.165) is 28.0 Å². The minimum atomic E-state index is 0.745. The normalized spacial score (nSPS) is 10.9. The number of nitrogen functional groups attached to an aromatic ring is 1. The van der Waals surface area contributed by atoms with Crippen LogP contribution in [-0.2, 0) is 0 Å². The molecule has 0 aliphatic rings. The first-order valence-corrected chi connectivity index (χ1v) is 5.59. The molecule has 17 heavy (non-hydrogen) atoms. The second kappa shape index (κ2) is 3.67. The van der Waals surface area contributed by atoms with Gasteiger partial charge in [0.1, 0.15) is 11.3 Å². The molecule has 3 rings (SSSR count). The lowest BCUT2D eigenvalue weighted by molar-refractivity contribution is 0.632. The Kier molecular flexibility index (Phi) is 2.15. The summed E-state index contributed by atoms with van der Waals surface area (Å²) in [5, 5.41) is 1.10. The van der Waals surface area contributed by atoms with Gasteiger partial charge in [-0.25, -0.2) is 0 Å². The highest BCUT2D eigenvalue weighted by Gasteiger charge is 2.08. The Labute approximate surface area is 99.7 Å². The maximum absolute atomic E-state index is 5.98. The summed E-state index contributed by atoms with van der Waals surface area (Å²) in [7, 11) is 0. The Hall–Kier alpha value is -2.22. The van der Waals surface area contributed by atoms with Crippen LogP contribution in [0.25, 0.3) is 22.3 Å². The van der Waals surface area contributed by atoms with Crippen molar-refractivity contribution in [1.29, 1.82) is 0 Å². The lowest BCUT2D eigenvalue weighted by Crippen LogP contribution is -1.89. The zero-order chi connectivity index (χ0) is 11.8. The predicted molar refractivity (Wildman–Crippen MR) is 70.8 cm³/mol. The number of rotatable bonds is 1. The summed E-state index contributed by atoms with van der Waals surface area (Å²) in [6.07, 6.45) is 0. The van der Waals surface area contributed by atoms with Gasteiger partial charge in [0.2, 0.25) is 0 Å². The van der Waals surface area contributed by atoms with E-state index in [1.807, 2.05) is 55.5 Å². The SMILES string of the molecule is Cc1ccc(N)c(-c2cc3ccccc3o2)c1. The topological polar surface area (TPSA) is 39.2 Å². The molecule has 1 heterocycles. The van der Waals surface area contributed by atoms with Gasteiger partial charge < -0.3 is 10.2 Å². The van der Waals surface area contributed by atoms with Gasteiger partial charge in [-0.15, -0.1) is 0 Å². The smallest absolute Gasteiger partial charge is 0.137 e. The molecule has 0 atom stereocenters. The average molecular weight is 223 g/mol. The summed E-state index contributed by atoms with van der Waals surface area (Å²) in [4.78, 5) is 0. The van der Waals surface area contributed by atoms with Gasteiger partial charge in [-0.2, -0.15) is 0 Å². The van der Waals surface area contributed by atoms with E-state index in [0.29, 0.717) is 0 Å². The van der Waals surface area contributed by atoms with Gasteiger partial charge in [0.05, 0.1) is 0 Å². The van der Waals surface area contributed by atoms with E-state index in [9.17, 15) is 0 Å². The third-order valence-electron chi connectivity index (χ3n) is 2.90. The molecular formula is C15H13NO. The standard InChI is InChI=1S/C15H13NO/c1-10-6-7-13(16)12(8-10)15-9-11-4-2-3-5-14(11)17-15/h2-9H,16H2,1H3. The van der Waals surface area contributed by atoms with Crippen LogP contribution in [-0.4, -0.2) is 0 Å². The van der Waals surface area contributed by atoms with E-state index in [1.165, 1.54) is 5.56 Å². The molecule has 3 aromatic rings. The van der Waals surface area contributed by atoms with E-state index in [4.69, 9.17) is 10.2 Å². The number of hydrogen-bond acceptors (Lipinski definition) is 2. The van der Waals surface area contributed by atoms with Gasteiger partial charge in [-0.05, 0) is 31.2 Å². The third-order valence-corrected chi connectivity index (χ3v) is 2.90. The summed E-state index contributed by atoms with van der Waals surface area (Å²) in [5.74, 6) is 0.826. The van der Waals surface area contributed by atoms with Crippen molar-refractivity contribution in [2.45, 2.75) is 6.92 Å². The molecule has 2 heteroatoms. The van der Waals surface area contributed by atoms with Gasteiger partial charge in [-0.1, -0.05) is 29.8 Å². The highest BCUT2D eigenvalue weighted by molar-refractivity contribution is 5.85. The highest BCUT2D eigenvalue weighted by Crippen LogP contribution is 2.31. The first-order chi connectivity index (χ1) is 8.24. The number of benzene rings is 2.